The molecule has 5 rings (SSSR count). The summed E-state index contributed by atoms with van der Waals surface area (Å²) in [5.74, 6) is 0.805. The van der Waals surface area contributed by atoms with Crippen molar-refractivity contribution in [1.29, 1.82) is 0 Å². The van der Waals surface area contributed by atoms with Crippen LogP contribution in [0.1, 0.15) is 50.5 Å². The van der Waals surface area contributed by atoms with Gasteiger partial charge in [-0.3, -0.25) is 19.7 Å². The Kier molecular flexibility index (Phi) is 10.00. The number of hydrogen-bond donors (Lipinski definition) is 0. The molecule has 3 aliphatic rings. The number of carbonyl (C=O) groups excluding carboxylic acids is 2. The molecule has 2 aromatic carbocycles. The van der Waals surface area contributed by atoms with E-state index in [4.69, 9.17) is 9.16 Å². The number of nitrogens with zero attached hydrogens (tertiary/aromatic N) is 2. The van der Waals surface area contributed by atoms with Gasteiger partial charge in [0, 0.05) is 56.8 Å². The highest BCUT2D eigenvalue weighted by molar-refractivity contribution is 7.89. The Balaban J connectivity index is 1.38. The lowest BCUT2D eigenvalue weighted by atomic mass is 9.49. The largest absolute Gasteiger partial charge is 0.376 e. The summed E-state index contributed by atoms with van der Waals surface area (Å²) in [5.41, 5.74) is 0.0542. The van der Waals surface area contributed by atoms with Crippen LogP contribution in [-0.2, 0) is 35.4 Å². The van der Waals surface area contributed by atoms with Crippen molar-refractivity contribution < 1.29 is 32.1 Å². The lowest BCUT2D eigenvalue weighted by molar-refractivity contribution is -0.384. The molecule has 10 nitrogen and oxygen atoms in total. The first-order chi connectivity index (χ1) is 21.3. The molecule has 3 fully saturated rings. The summed E-state index contributed by atoms with van der Waals surface area (Å²) in [4.78, 5) is 38.7. The van der Waals surface area contributed by atoms with E-state index in [1.165, 1.54) is 28.6 Å². The fourth-order valence-corrected chi connectivity index (χ4v) is 9.95. The number of nitro groups is 1. The van der Waals surface area contributed by atoms with Crippen molar-refractivity contribution in [2.45, 2.75) is 82.2 Å². The fourth-order valence-electron chi connectivity index (χ4n) is 7.45. The van der Waals surface area contributed by atoms with E-state index in [-0.39, 0.29) is 53.5 Å². The topological polar surface area (TPSA) is 133 Å². The van der Waals surface area contributed by atoms with Crippen LogP contribution in [-0.4, -0.2) is 63.3 Å². The van der Waals surface area contributed by atoms with Crippen LogP contribution in [0, 0.1) is 33.3 Å². The summed E-state index contributed by atoms with van der Waals surface area (Å²) in [6.45, 7) is 7.44. The predicted octanol–water partition coefficient (Wildman–Crippen LogP) is 5.73. The smallest absolute Gasteiger partial charge is 0.269 e. The first-order valence-electron chi connectivity index (χ1n) is 15.8. The molecule has 0 aromatic heterocycles. The average molecular weight is 656 g/mol. The molecule has 0 radical (unpaired) electrons. The van der Waals surface area contributed by atoms with Crippen LogP contribution < -0.4 is 0 Å². The fraction of sp³-hybridized carbons (Fsp3) is 0.545. The number of Topliss-reactive ketones (excluding diaryl/α,β-unsaturated/α-hetero) is 2. The highest BCUT2D eigenvalue weighted by Gasteiger charge is 2.69. The highest BCUT2D eigenvalue weighted by atomic mass is 32.2. The minimum atomic E-state index is -3.92. The number of non-ortho nitro benzene ring substituents is 1. The van der Waals surface area contributed by atoms with Crippen molar-refractivity contribution in [3.8, 4) is 0 Å². The maximum Gasteiger partial charge on any atom is 0.269 e. The zero-order chi connectivity index (χ0) is 32.4. The zero-order valence-electron chi connectivity index (χ0n) is 26.3. The Morgan fingerprint density at radius 3 is 2.38 bits per heavy atom. The van der Waals surface area contributed by atoms with Gasteiger partial charge in [0.1, 0.15) is 5.92 Å². The van der Waals surface area contributed by atoms with Gasteiger partial charge in [-0.2, -0.15) is 4.31 Å². The highest BCUT2D eigenvalue weighted by Crippen LogP contribution is 2.58. The van der Waals surface area contributed by atoms with Crippen LogP contribution in [0.5, 0.6) is 0 Å². The molecule has 1 spiro atoms. The van der Waals surface area contributed by atoms with Gasteiger partial charge in [-0.15, -0.1) is 0 Å². The van der Waals surface area contributed by atoms with Crippen LogP contribution in [0.2, 0.25) is 19.6 Å². The van der Waals surface area contributed by atoms with E-state index < -0.39 is 34.8 Å². The maximum atomic E-state index is 14.4. The second-order valence-electron chi connectivity index (χ2n) is 13.6. The van der Waals surface area contributed by atoms with Gasteiger partial charge >= 0.3 is 0 Å². The third-order valence-corrected chi connectivity index (χ3v) is 12.2. The number of benzene rings is 2. The van der Waals surface area contributed by atoms with Crippen LogP contribution in [0.4, 0.5) is 5.69 Å². The number of rotatable bonds is 9. The van der Waals surface area contributed by atoms with Crippen molar-refractivity contribution >= 4 is 35.6 Å². The molecule has 242 valence electrons. The van der Waals surface area contributed by atoms with E-state index in [1.54, 1.807) is 0 Å². The van der Waals surface area contributed by atoms with Crippen LogP contribution in [0.25, 0.3) is 0 Å². The molecule has 2 aliphatic carbocycles. The van der Waals surface area contributed by atoms with Crippen molar-refractivity contribution in [2.24, 2.45) is 17.3 Å². The molecule has 4 atom stereocenters. The van der Waals surface area contributed by atoms with Gasteiger partial charge < -0.3 is 9.16 Å². The standard InChI is InChI=1S/C33H43N2O8SSi/c1-45(2,3)43-32-29-11-7-17-34(44(40,41)28-14-12-27(13-15-28)35(38)39)18-8-16-33(29)26(21-30(32)36)19-25(20-31(33)37)23-42-22-24-9-5-4-6-10-24/h4-6,9-10,12-15,25-26,32H,7-8,11,16-23H2,1-3H3/q+1/t25-,26+,32?,33+/m1/s1. The third kappa shape index (κ3) is 7.25. The van der Waals surface area contributed by atoms with Crippen LogP contribution in [0.3, 0.4) is 0 Å². The summed E-state index contributed by atoms with van der Waals surface area (Å²) in [7, 11) is -6.10. The van der Waals surface area contributed by atoms with Gasteiger partial charge in [0.2, 0.25) is 15.8 Å². The van der Waals surface area contributed by atoms with E-state index >= 15 is 0 Å². The van der Waals surface area contributed by atoms with E-state index in [0.717, 1.165) is 11.5 Å². The molecular formula is C33H43N2O8SSi+. The molecule has 12 heteroatoms. The predicted molar refractivity (Wildman–Crippen MR) is 171 cm³/mol. The molecule has 1 heterocycles. The van der Waals surface area contributed by atoms with Crippen molar-refractivity contribution in [1.82, 2.24) is 4.31 Å². The Bertz CT molecular complexity index is 1490. The van der Waals surface area contributed by atoms with Gasteiger partial charge in [-0.05, 0) is 56.1 Å². The number of carbonyl (C=O) groups is 2. The van der Waals surface area contributed by atoms with Crippen LogP contribution >= 0.6 is 0 Å². The minimum absolute atomic E-state index is 0.00402. The number of sulfonamides is 1. The summed E-state index contributed by atoms with van der Waals surface area (Å²) in [5, 5.41) is 11.1. The first-order valence-corrected chi connectivity index (χ1v) is 20.6. The molecule has 0 amide bonds. The Labute approximate surface area is 266 Å². The third-order valence-electron chi connectivity index (χ3n) is 9.37. The van der Waals surface area contributed by atoms with Crippen LogP contribution in [0.15, 0.2) is 59.5 Å². The monoisotopic (exact) mass is 655 g/mol. The summed E-state index contributed by atoms with van der Waals surface area (Å²) < 4.78 is 41.3. The molecule has 1 unspecified atom stereocenters. The van der Waals surface area contributed by atoms with Crippen molar-refractivity contribution in [2.75, 3.05) is 19.7 Å². The average Bonchev–Trinajstić information content (AvgIpc) is 3.08. The number of ether oxygens (including phenoxy) is 1. The van der Waals surface area contributed by atoms with Gasteiger partial charge in [-0.1, -0.05) is 30.3 Å². The molecular weight excluding hydrogens is 613 g/mol. The second kappa shape index (κ2) is 13.4. The van der Waals surface area contributed by atoms with Gasteiger partial charge in [0.15, 0.2) is 19.5 Å². The van der Waals surface area contributed by atoms with Gasteiger partial charge in [0.05, 0.1) is 29.5 Å². The normalized spacial score (nSPS) is 26.7. The molecule has 45 heavy (non-hydrogen) atoms. The lowest BCUT2D eigenvalue weighted by Crippen LogP contribution is -2.60. The number of hydrogen-bond acceptors (Lipinski definition) is 8. The number of ketones is 2. The Morgan fingerprint density at radius 2 is 1.71 bits per heavy atom. The Hall–Kier alpha value is -2.90. The van der Waals surface area contributed by atoms with E-state index in [9.17, 15) is 28.1 Å². The quantitative estimate of drug-likeness (QED) is 0.145. The molecule has 2 saturated carbocycles. The molecule has 2 aromatic rings. The van der Waals surface area contributed by atoms with E-state index in [2.05, 4.69) is 0 Å². The van der Waals surface area contributed by atoms with Gasteiger partial charge in [0.25, 0.3) is 11.8 Å². The summed E-state index contributed by atoms with van der Waals surface area (Å²) >= 11 is 0. The van der Waals surface area contributed by atoms with Crippen molar-refractivity contribution in [3.63, 3.8) is 0 Å². The Morgan fingerprint density at radius 1 is 1.02 bits per heavy atom. The first kappa shape index (κ1) is 33.5. The lowest BCUT2D eigenvalue weighted by Gasteiger charge is -2.48. The molecule has 1 aliphatic heterocycles. The maximum absolute atomic E-state index is 14.4. The minimum Gasteiger partial charge on any atom is -0.376 e. The molecule has 1 saturated heterocycles. The zero-order valence-corrected chi connectivity index (χ0v) is 28.1. The SMILES string of the molecule is C[Si](C)(C)OC1C(=O)C[C@@H]2C[C@@H](COCc3ccccc3)CC(=O)[C@@]23CCCN(S(=O)(=O)c2ccc([N+](=O)[O-])cc2)CCC[C+]13. The van der Waals surface area contributed by atoms with Gasteiger partial charge in [-0.25, -0.2) is 8.42 Å². The number of nitro benzene ring substituents is 1. The molecule has 0 N–H and O–H groups in total. The summed E-state index contributed by atoms with van der Waals surface area (Å²) in [6, 6.07) is 14.8. The van der Waals surface area contributed by atoms with E-state index in [0.29, 0.717) is 51.7 Å². The second-order valence-corrected chi connectivity index (χ2v) is 20.0. The van der Waals surface area contributed by atoms with E-state index in [1.807, 2.05) is 50.0 Å². The summed E-state index contributed by atoms with van der Waals surface area (Å²) in [6.07, 6.45) is 2.32. The van der Waals surface area contributed by atoms with Crippen molar-refractivity contribution in [3.05, 3.63) is 76.2 Å². The molecule has 0 bridgehead atoms.